The Bertz CT molecular complexity index is 271. The van der Waals surface area contributed by atoms with E-state index in [9.17, 15) is 4.39 Å². The number of unbranched alkanes of at least 4 members (excludes halogenated alkanes) is 1. The van der Waals surface area contributed by atoms with Crippen LogP contribution in [-0.4, -0.2) is 20.9 Å². The minimum atomic E-state index is -0.107. The predicted molar refractivity (Wildman–Crippen MR) is 56.2 cm³/mol. The van der Waals surface area contributed by atoms with E-state index in [1.54, 1.807) is 12.1 Å². The quantitative estimate of drug-likeness (QED) is 0.591. The van der Waals surface area contributed by atoms with Crippen LogP contribution in [0.25, 0.3) is 0 Å². The normalized spacial score (nSPS) is 10.4. The van der Waals surface area contributed by atoms with Gasteiger partial charge in [-0.2, -0.15) is 0 Å². The van der Waals surface area contributed by atoms with Crippen molar-refractivity contribution in [2.75, 3.05) is 0 Å². The average molecular weight is 294 g/mol. The van der Waals surface area contributed by atoms with E-state index in [1.807, 2.05) is 13.0 Å². The summed E-state index contributed by atoms with van der Waals surface area (Å²) in [6.45, 7) is 4.22. The fourth-order valence-electron chi connectivity index (χ4n) is 1.10. The van der Waals surface area contributed by atoms with Crippen molar-refractivity contribution in [1.82, 2.24) is 0 Å². The molecule has 0 saturated carbocycles. The molecule has 0 spiro atoms. The summed E-state index contributed by atoms with van der Waals surface area (Å²) in [7, 11) is 0. The molecule has 0 bridgehead atoms. The first-order chi connectivity index (χ1) is 6.24. The van der Waals surface area contributed by atoms with Gasteiger partial charge in [-0.25, -0.2) is 0 Å². The molecule has 0 aliphatic heterocycles. The molecule has 72 valence electrons. The van der Waals surface area contributed by atoms with E-state index in [2.05, 4.69) is 6.92 Å². The summed E-state index contributed by atoms with van der Waals surface area (Å²) >= 11 is -0.0561. The monoisotopic (exact) mass is 296 g/mol. The summed E-state index contributed by atoms with van der Waals surface area (Å²) in [4.78, 5) is 0. The Hall–Kier alpha value is -0.0604. The van der Waals surface area contributed by atoms with Crippen molar-refractivity contribution in [3.05, 3.63) is 29.6 Å². The topological polar surface area (TPSA) is 0 Å². The number of hydrogen-bond acceptors (Lipinski definition) is 0. The van der Waals surface area contributed by atoms with Gasteiger partial charge in [0.05, 0.1) is 0 Å². The second-order valence-corrected chi connectivity index (χ2v) is 6.36. The van der Waals surface area contributed by atoms with Gasteiger partial charge in [0.15, 0.2) is 0 Å². The summed E-state index contributed by atoms with van der Waals surface area (Å²) in [5, 5.41) is 0. The number of hydrogen-bond donors (Lipinski definition) is 0. The van der Waals surface area contributed by atoms with Crippen LogP contribution in [0, 0.1) is 12.7 Å². The number of aryl methyl sites for hydroxylation is 1. The summed E-state index contributed by atoms with van der Waals surface area (Å²) in [6.07, 6.45) is 2.59. The average Bonchev–Trinajstić information content (AvgIpc) is 2.09. The van der Waals surface area contributed by atoms with Gasteiger partial charge in [0.25, 0.3) is 0 Å². The molecule has 0 atom stereocenters. The summed E-state index contributed by atoms with van der Waals surface area (Å²) < 4.78 is 15.5. The number of rotatable bonds is 4. The molecule has 0 aliphatic rings. The molecule has 0 radical (unpaired) electrons. The SMILES string of the molecule is CCCC[Te]c1ccc(F)cc1C. The van der Waals surface area contributed by atoms with E-state index >= 15 is 0 Å². The first-order valence-electron chi connectivity index (χ1n) is 4.63. The van der Waals surface area contributed by atoms with Crippen molar-refractivity contribution in [2.24, 2.45) is 0 Å². The molecule has 0 amide bonds. The Morgan fingerprint density at radius 2 is 2.15 bits per heavy atom. The molecular formula is C11H15FTe. The third-order valence-electron chi connectivity index (χ3n) is 1.89. The minimum absolute atomic E-state index is 0.0561. The zero-order valence-corrected chi connectivity index (χ0v) is 10.5. The van der Waals surface area contributed by atoms with Gasteiger partial charge >= 0.3 is 89.7 Å². The van der Waals surface area contributed by atoms with E-state index in [1.165, 1.54) is 20.9 Å². The molecule has 0 heterocycles. The van der Waals surface area contributed by atoms with Crippen LogP contribution in [0.3, 0.4) is 0 Å². The van der Waals surface area contributed by atoms with Crippen molar-refractivity contribution < 1.29 is 4.39 Å². The fraction of sp³-hybridized carbons (Fsp3) is 0.455. The third-order valence-corrected chi connectivity index (χ3v) is 5.49. The summed E-state index contributed by atoms with van der Waals surface area (Å²) in [6, 6.07) is 5.19. The van der Waals surface area contributed by atoms with Crippen LogP contribution in [0.2, 0.25) is 4.47 Å². The molecule has 0 aliphatic carbocycles. The van der Waals surface area contributed by atoms with Crippen LogP contribution in [-0.2, 0) is 0 Å². The van der Waals surface area contributed by atoms with Crippen LogP contribution in [0.15, 0.2) is 18.2 Å². The molecule has 0 fully saturated rings. The Kier molecular flexibility index (Phi) is 4.77. The number of benzene rings is 1. The zero-order valence-electron chi connectivity index (χ0n) is 8.14. The Labute approximate surface area is 89.6 Å². The maximum atomic E-state index is 12.8. The molecule has 0 N–H and O–H groups in total. The van der Waals surface area contributed by atoms with Crippen LogP contribution in [0.4, 0.5) is 4.39 Å². The Morgan fingerprint density at radius 3 is 2.77 bits per heavy atom. The predicted octanol–water partition coefficient (Wildman–Crippen LogP) is 2.68. The molecule has 0 saturated heterocycles. The van der Waals surface area contributed by atoms with E-state index in [0.29, 0.717) is 0 Å². The Morgan fingerprint density at radius 1 is 1.38 bits per heavy atom. The van der Waals surface area contributed by atoms with Crippen LogP contribution < -0.4 is 3.61 Å². The van der Waals surface area contributed by atoms with Crippen LogP contribution in [0.1, 0.15) is 25.3 Å². The van der Waals surface area contributed by atoms with Gasteiger partial charge in [-0.15, -0.1) is 0 Å². The molecule has 0 unspecified atom stereocenters. The van der Waals surface area contributed by atoms with E-state index in [0.717, 1.165) is 5.56 Å². The molecule has 0 aromatic heterocycles. The number of halogens is 1. The molecule has 1 aromatic carbocycles. The molecule has 1 rings (SSSR count). The van der Waals surface area contributed by atoms with Crippen LogP contribution in [0.5, 0.6) is 0 Å². The fourth-order valence-corrected chi connectivity index (χ4v) is 4.25. The van der Waals surface area contributed by atoms with E-state index in [4.69, 9.17) is 0 Å². The third kappa shape index (κ3) is 3.67. The van der Waals surface area contributed by atoms with Crippen molar-refractivity contribution >= 4 is 24.5 Å². The summed E-state index contributed by atoms with van der Waals surface area (Å²) in [5.41, 5.74) is 1.14. The zero-order chi connectivity index (χ0) is 9.68. The standard InChI is InChI=1S/C11H15FTe/c1-3-4-7-13-11-6-5-10(12)8-9(11)2/h5-6,8H,3-4,7H2,1-2H3. The van der Waals surface area contributed by atoms with Gasteiger partial charge in [-0.1, -0.05) is 0 Å². The first-order valence-corrected chi connectivity index (χ1v) is 7.44. The Balaban J connectivity index is 2.56. The second kappa shape index (κ2) is 5.62. The van der Waals surface area contributed by atoms with Gasteiger partial charge in [-0.3, -0.25) is 0 Å². The van der Waals surface area contributed by atoms with Gasteiger partial charge in [0.1, 0.15) is 0 Å². The van der Waals surface area contributed by atoms with Crippen molar-refractivity contribution in [2.45, 2.75) is 31.2 Å². The van der Waals surface area contributed by atoms with Gasteiger partial charge in [-0.05, 0) is 0 Å². The molecular weight excluding hydrogens is 279 g/mol. The molecule has 13 heavy (non-hydrogen) atoms. The van der Waals surface area contributed by atoms with Gasteiger partial charge < -0.3 is 0 Å². The van der Waals surface area contributed by atoms with E-state index in [-0.39, 0.29) is 26.7 Å². The first kappa shape index (κ1) is 11.0. The summed E-state index contributed by atoms with van der Waals surface area (Å²) in [5.74, 6) is -0.107. The van der Waals surface area contributed by atoms with Crippen LogP contribution >= 0.6 is 0 Å². The van der Waals surface area contributed by atoms with E-state index < -0.39 is 0 Å². The van der Waals surface area contributed by atoms with Crippen molar-refractivity contribution in [3.63, 3.8) is 0 Å². The molecule has 0 nitrogen and oxygen atoms in total. The molecule has 1 aromatic rings. The van der Waals surface area contributed by atoms with Crippen molar-refractivity contribution in [1.29, 1.82) is 0 Å². The second-order valence-electron chi connectivity index (χ2n) is 3.11. The van der Waals surface area contributed by atoms with Gasteiger partial charge in [0, 0.05) is 0 Å². The van der Waals surface area contributed by atoms with Gasteiger partial charge in [0.2, 0.25) is 0 Å². The maximum absolute atomic E-state index is 12.8. The van der Waals surface area contributed by atoms with Crippen molar-refractivity contribution in [3.8, 4) is 0 Å². The molecule has 2 heteroatoms.